The van der Waals surface area contributed by atoms with Crippen molar-refractivity contribution in [3.05, 3.63) is 0 Å². The Morgan fingerprint density at radius 3 is 2.15 bits per heavy atom. The minimum Gasteiger partial charge on any atom is -0.303 e. The first-order valence-electron chi connectivity index (χ1n) is 5.40. The molecule has 0 aromatic rings. The van der Waals surface area contributed by atoms with Gasteiger partial charge in [0.1, 0.15) is 0 Å². The Morgan fingerprint density at radius 1 is 1.08 bits per heavy atom. The molecule has 2 aliphatic rings. The molecule has 0 unspecified atom stereocenters. The molecule has 0 aromatic heterocycles. The van der Waals surface area contributed by atoms with E-state index in [4.69, 9.17) is 0 Å². The average Bonchev–Trinajstić information content (AvgIpc) is 2.66. The van der Waals surface area contributed by atoms with E-state index in [-0.39, 0.29) is 0 Å². The number of rotatable bonds is 0. The number of likely N-dealkylation sites (N-methyl/N-ethyl adjacent to an activating group) is 1. The van der Waals surface area contributed by atoms with Crippen molar-refractivity contribution in [1.29, 1.82) is 0 Å². The summed E-state index contributed by atoms with van der Waals surface area (Å²) in [5, 5.41) is 0. The van der Waals surface area contributed by atoms with Gasteiger partial charge >= 0.3 is 0 Å². The van der Waals surface area contributed by atoms with Gasteiger partial charge < -0.3 is 4.90 Å². The highest BCUT2D eigenvalue weighted by atomic mass is 15.4. The third-order valence-electron chi connectivity index (χ3n) is 3.48. The molecule has 76 valence electrons. The molecular weight excluding hydrogens is 160 g/mol. The Balaban J connectivity index is 2.12. The lowest BCUT2D eigenvalue weighted by Crippen LogP contribution is -2.60. The maximum atomic E-state index is 2.72. The molecule has 1 aliphatic heterocycles. The second-order valence-corrected chi connectivity index (χ2v) is 5.78. The van der Waals surface area contributed by atoms with Crippen molar-refractivity contribution in [3.8, 4) is 0 Å². The Morgan fingerprint density at radius 2 is 1.69 bits per heavy atom. The van der Waals surface area contributed by atoms with Crippen LogP contribution in [0.5, 0.6) is 0 Å². The van der Waals surface area contributed by atoms with E-state index in [1.807, 2.05) is 0 Å². The van der Waals surface area contributed by atoms with Gasteiger partial charge in [-0.2, -0.15) is 0 Å². The molecule has 0 amide bonds. The number of hydrogen-bond donors (Lipinski definition) is 0. The lowest BCUT2D eigenvalue weighted by molar-refractivity contribution is 0.00452. The van der Waals surface area contributed by atoms with Gasteiger partial charge in [-0.1, -0.05) is 0 Å². The summed E-state index contributed by atoms with van der Waals surface area (Å²) in [7, 11) is 2.25. The van der Waals surface area contributed by atoms with Crippen LogP contribution in [0.25, 0.3) is 0 Å². The summed E-state index contributed by atoms with van der Waals surface area (Å²) in [6.45, 7) is 10.8. The van der Waals surface area contributed by atoms with E-state index in [0.29, 0.717) is 11.1 Å². The van der Waals surface area contributed by atoms with E-state index in [9.17, 15) is 0 Å². The molecule has 0 aromatic carbocycles. The molecule has 1 saturated heterocycles. The van der Waals surface area contributed by atoms with E-state index >= 15 is 0 Å². The summed E-state index contributed by atoms with van der Waals surface area (Å²) in [4.78, 5) is 5.20. The molecule has 1 spiro atoms. The van der Waals surface area contributed by atoms with Gasteiger partial charge in [0.2, 0.25) is 0 Å². The summed E-state index contributed by atoms with van der Waals surface area (Å²) < 4.78 is 0. The summed E-state index contributed by atoms with van der Waals surface area (Å²) >= 11 is 0. The highest BCUT2D eigenvalue weighted by molar-refractivity contribution is 5.10. The quantitative estimate of drug-likeness (QED) is 0.561. The topological polar surface area (TPSA) is 6.48 Å². The summed E-state index contributed by atoms with van der Waals surface area (Å²) in [5.41, 5.74) is 0.920. The second kappa shape index (κ2) is 2.71. The van der Waals surface area contributed by atoms with E-state index in [1.54, 1.807) is 0 Å². The van der Waals surface area contributed by atoms with Crippen LogP contribution < -0.4 is 0 Å². The number of nitrogens with zero attached hydrogens (tertiary/aromatic N) is 2. The van der Waals surface area contributed by atoms with Crippen LogP contribution >= 0.6 is 0 Å². The van der Waals surface area contributed by atoms with Crippen LogP contribution in [0.15, 0.2) is 0 Å². The van der Waals surface area contributed by atoms with Crippen molar-refractivity contribution in [2.45, 2.75) is 44.7 Å². The fourth-order valence-electron chi connectivity index (χ4n) is 2.79. The van der Waals surface area contributed by atoms with Gasteiger partial charge in [0.05, 0.1) is 0 Å². The number of piperazine rings is 1. The summed E-state index contributed by atoms with van der Waals surface area (Å²) in [5.74, 6) is 0. The standard InChI is InChI=1S/C11H22N2/c1-10(2,3)13-8-7-12(4)9-11(13)5-6-11/h5-9H2,1-4H3. The first-order valence-corrected chi connectivity index (χ1v) is 5.40. The normalized spacial score (nSPS) is 29.5. The molecule has 1 saturated carbocycles. The summed E-state index contributed by atoms with van der Waals surface area (Å²) in [6.07, 6.45) is 2.82. The van der Waals surface area contributed by atoms with Gasteiger partial charge in [-0.15, -0.1) is 0 Å². The van der Waals surface area contributed by atoms with Crippen LogP contribution in [-0.2, 0) is 0 Å². The van der Waals surface area contributed by atoms with Crippen LogP contribution in [0.4, 0.5) is 0 Å². The molecule has 0 bridgehead atoms. The molecule has 0 radical (unpaired) electrons. The zero-order valence-electron chi connectivity index (χ0n) is 9.43. The van der Waals surface area contributed by atoms with Gasteiger partial charge in [0, 0.05) is 30.7 Å². The molecule has 13 heavy (non-hydrogen) atoms. The van der Waals surface area contributed by atoms with Gasteiger partial charge in [0.15, 0.2) is 0 Å². The lowest BCUT2D eigenvalue weighted by atomic mass is 9.99. The van der Waals surface area contributed by atoms with Crippen LogP contribution in [0.1, 0.15) is 33.6 Å². The summed E-state index contributed by atoms with van der Waals surface area (Å²) in [6, 6.07) is 0. The third kappa shape index (κ3) is 1.62. The molecular formula is C11H22N2. The van der Waals surface area contributed by atoms with Crippen LogP contribution in [-0.4, -0.2) is 47.6 Å². The first-order chi connectivity index (χ1) is 5.94. The number of hydrogen-bond acceptors (Lipinski definition) is 2. The largest absolute Gasteiger partial charge is 0.303 e. The average molecular weight is 182 g/mol. The first kappa shape index (κ1) is 9.47. The Labute approximate surface area is 81.9 Å². The minimum absolute atomic E-state index is 0.359. The van der Waals surface area contributed by atoms with Crippen molar-refractivity contribution < 1.29 is 0 Å². The maximum Gasteiger partial charge on any atom is 0.0343 e. The van der Waals surface area contributed by atoms with E-state index in [0.717, 1.165) is 0 Å². The van der Waals surface area contributed by atoms with Crippen molar-refractivity contribution in [2.24, 2.45) is 0 Å². The molecule has 2 rings (SSSR count). The highest BCUT2D eigenvalue weighted by Gasteiger charge is 2.53. The van der Waals surface area contributed by atoms with Crippen molar-refractivity contribution in [2.75, 3.05) is 26.7 Å². The van der Waals surface area contributed by atoms with Crippen LogP contribution in [0.2, 0.25) is 0 Å². The molecule has 0 atom stereocenters. The molecule has 2 heteroatoms. The van der Waals surface area contributed by atoms with E-state index in [2.05, 4.69) is 37.6 Å². The monoisotopic (exact) mass is 182 g/mol. The zero-order valence-corrected chi connectivity index (χ0v) is 9.43. The lowest BCUT2D eigenvalue weighted by Gasteiger charge is -2.48. The van der Waals surface area contributed by atoms with Gasteiger partial charge in [-0.25, -0.2) is 0 Å². The predicted molar refractivity (Wildman–Crippen MR) is 55.9 cm³/mol. The smallest absolute Gasteiger partial charge is 0.0343 e. The maximum absolute atomic E-state index is 2.72. The van der Waals surface area contributed by atoms with Gasteiger partial charge in [-0.05, 0) is 40.7 Å². The predicted octanol–water partition coefficient (Wildman–Crippen LogP) is 1.56. The highest BCUT2D eigenvalue weighted by Crippen LogP contribution is 2.46. The molecule has 2 nitrogen and oxygen atoms in total. The fourth-order valence-corrected chi connectivity index (χ4v) is 2.79. The van der Waals surface area contributed by atoms with Crippen LogP contribution in [0.3, 0.4) is 0 Å². The second-order valence-electron chi connectivity index (χ2n) is 5.78. The van der Waals surface area contributed by atoms with E-state index < -0.39 is 0 Å². The van der Waals surface area contributed by atoms with Crippen LogP contribution in [0, 0.1) is 0 Å². The third-order valence-corrected chi connectivity index (χ3v) is 3.48. The molecule has 0 N–H and O–H groups in total. The molecule has 2 fully saturated rings. The molecule has 1 heterocycles. The Hall–Kier alpha value is -0.0800. The zero-order chi connectivity index (χ0) is 9.69. The molecule has 1 aliphatic carbocycles. The SMILES string of the molecule is CN1CCN(C(C)(C)C)C2(CC2)C1. The fraction of sp³-hybridized carbons (Fsp3) is 1.00. The van der Waals surface area contributed by atoms with Crippen molar-refractivity contribution in [1.82, 2.24) is 9.80 Å². The minimum atomic E-state index is 0.359. The Kier molecular flexibility index (Phi) is 1.97. The van der Waals surface area contributed by atoms with Gasteiger partial charge in [-0.3, -0.25) is 4.90 Å². The van der Waals surface area contributed by atoms with Crippen molar-refractivity contribution >= 4 is 0 Å². The van der Waals surface area contributed by atoms with Crippen molar-refractivity contribution in [3.63, 3.8) is 0 Å². The Bertz CT molecular complexity index is 201. The van der Waals surface area contributed by atoms with Gasteiger partial charge in [0.25, 0.3) is 0 Å². The van der Waals surface area contributed by atoms with E-state index in [1.165, 1.54) is 32.5 Å².